The molecule has 3 aromatic rings. The molecule has 8 heteroatoms. The molecule has 0 aliphatic rings. The molecule has 0 saturated heterocycles. The number of benzene rings is 1. The van der Waals surface area contributed by atoms with Crippen molar-refractivity contribution in [3.8, 4) is 0 Å². The summed E-state index contributed by atoms with van der Waals surface area (Å²) in [6.45, 7) is 4.23. The predicted octanol–water partition coefficient (Wildman–Crippen LogP) is 1.95. The Morgan fingerprint density at radius 1 is 1.00 bits per heavy atom. The third-order valence-electron chi connectivity index (χ3n) is 4.47. The van der Waals surface area contributed by atoms with E-state index in [4.69, 9.17) is 0 Å². The molecule has 3 rings (SSSR count). The van der Waals surface area contributed by atoms with Crippen LogP contribution in [0.25, 0.3) is 0 Å². The Balaban J connectivity index is 1.68. The second kappa shape index (κ2) is 7.45. The minimum absolute atomic E-state index is 0.236. The van der Waals surface area contributed by atoms with Gasteiger partial charge < -0.3 is 10.6 Å². The summed E-state index contributed by atoms with van der Waals surface area (Å²) in [7, 11) is 3.54. The van der Waals surface area contributed by atoms with Crippen molar-refractivity contribution in [1.29, 1.82) is 0 Å². The van der Waals surface area contributed by atoms with Gasteiger partial charge in [-0.3, -0.25) is 19.0 Å². The lowest BCUT2D eigenvalue weighted by molar-refractivity contribution is 0.0944. The first-order valence-electron chi connectivity index (χ1n) is 8.54. The standard InChI is InChI=1S/C19H22N6O2/c1-12-15(13(2)24(3)22-12)11-20-19(27)16-10-17(25(4)23-16)21-18(26)14-8-6-5-7-9-14/h5-10H,11H2,1-4H3,(H,20,27)(H,21,26). The average molecular weight is 366 g/mol. The Labute approximate surface area is 157 Å². The molecule has 2 aromatic heterocycles. The monoisotopic (exact) mass is 366 g/mol. The molecule has 2 N–H and O–H groups in total. The number of nitrogens with zero attached hydrogens (tertiary/aromatic N) is 4. The van der Waals surface area contributed by atoms with Crippen molar-refractivity contribution in [1.82, 2.24) is 24.9 Å². The van der Waals surface area contributed by atoms with Crippen LogP contribution in [-0.4, -0.2) is 31.4 Å². The van der Waals surface area contributed by atoms with Gasteiger partial charge in [0.05, 0.1) is 5.69 Å². The Kier molecular flexibility index (Phi) is 5.07. The molecular formula is C19H22N6O2. The number of aryl methyl sites for hydroxylation is 3. The van der Waals surface area contributed by atoms with Crippen molar-refractivity contribution < 1.29 is 9.59 Å². The van der Waals surface area contributed by atoms with E-state index in [-0.39, 0.29) is 17.5 Å². The number of aromatic nitrogens is 4. The topological polar surface area (TPSA) is 93.8 Å². The van der Waals surface area contributed by atoms with Crippen LogP contribution < -0.4 is 10.6 Å². The highest BCUT2D eigenvalue weighted by atomic mass is 16.2. The number of nitrogens with one attached hydrogen (secondary N) is 2. The minimum atomic E-state index is -0.312. The number of anilines is 1. The molecule has 0 bridgehead atoms. The van der Waals surface area contributed by atoms with Gasteiger partial charge in [-0.15, -0.1) is 0 Å². The zero-order valence-electron chi connectivity index (χ0n) is 15.8. The molecule has 0 fully saturated rings. The second-order valence-electron chi connectivity index (χ2n) is 6.31. The van der Waals surface area contributed by atoms with E-state index < -0.39 is 0 Å². The van der Waals surface area contributed by atoms with Gasteiger partial charge in [0.2, 0.25) is 0 Å². The number of carbonyl (C=O) groups excluding carboxylic acids is 2. The van der Waals surface area contributed by atoms with E-state index in [0.29, 0.717) is 17.9 Å². The molecule has 27 heavy (non-hydrogen) atoms. The fourth-order valence-electron chi connectivity index (χ4n) is 2.81. The summed E-state index contributed by atoms with van der Waals surface area (Å²) in [4.78, 5) is 24.7. The highest BCUT2D eigenvalue weighted by molar-refractivity contribution is 6.04. The third kappa shape index (κ3) is 3.89. The largest absolute Gasteiger partial charge is 0.346 e. The van der Waals surface area contributed by atoms with E-state index in [9.17, 15) is 9.59 Å². The number of hydrogen-bond acceptors (Lipinski definition) is 4. The van der Waals surface area contributed by atoms with Crippen LogP contribution in [0.4, 0.5) is 5.82 Å². The molecule has 0 radical (unpaired) electrons. The second-order valence-corrected chi connectivity index (χ2v) is 6.31. The van der Waals surface area contributed by atoms with Crippen molar-refractivity contribution in [3.63, 3.8) is 0 Å². The molecule has 2 amide bonds. The lowest BCUT2D eigenvalue weighted by Crippen LogP contribution is -2.24. The molecule has 0 atom stereocenters. The van der Waals surface area contributed by atoms with Gasteiger partial charge in [-0.05, 0) is 26.0 Å². The molecule has 8 nitrogen and oxygen atoms in total. The lowest BCUT2D eigenvalue weighted by Gasteiger charge is -2.04. The summed E-state index contributed by atoms with van der Waals surface area (Å²) in [5, 5.41) is 14.1. The molecule has 140 valence electrons. The summed E-state index contributed by atoms with van der Waals surface area (Å²) in [6.07, 6.45) is 0. The van der Waals surface area contributed by atoms with Crippen molar-refractivity contribution in [3.05, 3.63) is 64.6 Å². The van der Waals surface area contributed by atoms with Crippen molar-refractivity contribution in [2.75, 3.05) is 5.32 Å². The van der Waals surface area contributed by atoms with Crippen LogP contribution in [0.1, 0.15) is 37.8 Å². The van der Waals surface area contributed by atoms with Crippen LogP contribution in [0.2, 0.25) is 0 Å². The van der Waals surface area contributed by atoms with E-state index in [1.165, 1.54) is 4.68 Å². The SMILES string of the molecule is Cc1nn(C)c(C)c1CNC(=O)c1cc(NC(=O)c2ccccc2)n(C)n1. The highest BCUT2D eigenvalue weighted by Gasteiger charge is 2.16. The van der Waals surface area contributed by atoms with Crippen LogP contribution in [0, 0.1) is 13.8 Å². The fraction of sp³-hybridized carbons (Fsp3) is 0.263. The highest BCUT2D eigenvalue weighted by Crippen LogP contribution is 2.13. The van der Waals surface area contributed by atoms with Crippen LogP contribution in [-0.2, 0) is 20.6 Å². The van der Waals surface area contributed by atoms with Crippen LogP contribution in [0.3, 0.4) is 0 Å². The van der Waals surface area contributed by atoms with Gasteiger partial charge in [-0.25, -0.2) is 0 Å². The van der Waals surface area contributed by atoms with Crippen LogP contribution in [0.15, 0.2) is 36.4 Å². The van der Waals surface area contributed by atoms with Gasteiger partial charge in [-0.2, -0.15) is 10.2 Å². The Hall–Kier alpha value is -3.42. The lowest BCUT2D eigenvalue weighted by atomic mass is 10.2. The Bertz CT molecular complexity index is 987. The molecule has 0 spiro atoms. The summed E-state index contributed by atoms with van der Waals surface area (Å²) in [5.74, 6) is -0.122. The molecule has 0 aliphatic carbocycles. The molecule has 0 aliphatic heterocycles. The summed E-state index contributed by atoms with van der Waals surface area (Å²) in [5.41, 5.74) is 3.64. The maximum Gasteiger partial charge on any atom is 0.272 e. The first-order chi connectivity index (χ1) is 12.9. The summed E-state index contributed by atoms with van der Waals surface area (Å²) >= 11 is 0. The number of hydrogen-bond donors (Lipinski definition) is 2. The smallest absolute Gasteiger partial charge is 0.272 e. The predicted molar refractivity (Wildman–Crippen MR) is 101 cm³/mol. The van der Waals surface area contributed by atoms with Crippen LogP contribution >= 0.6 is 0 Å². The Morgan fingerprint density at radius 3 is 2.33 bits per heavy atom. The number of rotatable bonds is 5. The van der Waals surface area contributed by atoms with Gasteiger partial charge in [-0.1, -0.05) is 18.2 Å². The molecular weight excluding hydrogens is 344 g/mol. The number of amides is 2. The van der Waals surface area contributed by atoms with Crippen molar-refractivity contribution in [2.24, 2.45) is 14.1 Å². The van der Waals surface area contributed by atoms with E-state index in [1.54, 1.807) is 42.1 Å². The first kappa shape index (κ1) is 18.4. The minimum Gasteiger partial charge on any atom is -0.346 e. The van der Waals surface area contributed by atoms with E-state index in [1.807, 2.05) is 27.0 Å². The Morgan fingerprint density at radius 2 is 1.70 bits per heavy atom. The van der Waals surface area contributed by atoms with Gasteiger partial charge in [0, 0.05) is 43.5 Å². The zero-order chi connectivity index (χ0) is 19.6. The van der Waals surface area contributed by atoms with Gasteiger partial charge in [0.25, 0.3) is 11.8 Å². The maximum atomic E-state index is 12.4. The van der Waals surface area contributed by atoms with Crippen molar-refractivity contribution >= 4 is 17.6 Å². The summed E-state index contributed by atoms with van der Waals surface area (Å²) < 4.78 is 3.26. The fourth-order valence-corrected chi connectivity index (χ4v) is 2.81. The molecule has 1 aromatic carbocycles. The average Bonchev–Trinajstić information content (AvgIpc) is 3.13. The molecule has 0 unspecified atom stereocenters. The van der Waals surface area contributed by atoms with Crippen LogP contribution in [0.5, 0.6) is 0 Å². The van der Waals surface area contributed by atoms with Gasteiger partial charge in [0.1, 0.15) is 5.82 Å². The van der Waals surface area contributed by atoms with Crippen molar-refractivity contribution in [2.45, 2.75) is 20.4 Å². The maximum absolute atomic E-state index is 12.4. The molecule has 2 heterocycles. The van der Waals surface area contributed by atoms with E-state index in [2.05, 4.69) is 20.8 Å². The normalized spacial score (nSPS) is 10.7. The van der Waals surface area contributed by atoms with E-state index in [0.717, 1.165) is 17.0 Å². The third-order valence-corrected chi connectivity index (χ3v) is 4.47. The number of carbonyl (C=O) groups is 2. The van der Waals surface area contributed by atoms with Gasteiger partial charge in [0.15, 0.2) is 5.69 Å². The summed E-state index contributed by atoms with van der Waals surface area (Å²) in [6, 6.07) is 10.4. The zero-order valence-corrected chi connectivity index (χ0v) is 15.8. The molecule has 0 saturated carbocycles. The van der Waals surface area contributed by atoms with Gasteiger partial charge >= 0.3 is 0 Å². The van der Waals surface area contributed by atoms with E-state index >= 15 is 0 Å². The first-order valence-corrected chi connectivity index (χ1v) is 8.54. The quantitative estimate of drug-likeness (QED) is 0.722.